The number of benzene rings is 2. The summed E-state index contributed by atoms with van der Waals surface area (Å²) < 4.78 is 0. The predicted molar refractivity (Wildman–Crippen MR) is 108 cm³/mol. The maximum atomic E-state index is 12.7. The number of carbonyl (C=O) groups is 1. The number of likely N-dealkylation sites (N-methyl/N-ethyl adjacent to an activating group) is 1. The summed E-state index contributed by atoms with van der Waals surface area (Å²) >= 11 is 0. The van der Waals surface area contributed by atoms with Crippen LogP contribution in [0.1, 0.15) is 11.6 Å². The van der Waals surface area contributed by atoms with Crippen LogP contribution in [0.4, 0.5) is 5.69 Å². The second kappa shape index (κ2) is 9.37. The molecule has 0 spiro atoms. The van der Waals surface area contributed by atoms with Crippen LogP contribution < -0.4 is 5.32 Å². The first kappa shape index (κ1) is 20.9. The summed E-state index contributed by atoms with van der Waals surface area (Å²) in [5.41, 5.74) is 1.76. The molecule has 0 aliphatic carbocycles. The van der Waals surface area contributed by atoms with Gasteiger partial charge in [-0.1, -0.05) is 36.4 Å². The molecule has 1 atom stereocenters. The number of fused-ring (bicyclic) bond motifs is 1. The van der Waals surface area contributed by atoms with Gasteiger partial charge in [-0.25, -0.2) is 0 Å². The Balaban J connectivity index is 0.00000156. The molecule has 1 aromatic heterocycles. The van der Waals surface area contributed by atoms with E-state index >= 15 is 0 Å². The number of rotatable bonds is 4. The summed E-state index contributed by atoms with van der Waals surface area (Å²) in [6.45, 7) is 0. The van der Waals surface area contributed by atoms with E-state index in [2.05, 4.69) is 10.3 Å². The maximum absolute atomic E-state index is 12.7. The number of hydrogen-bond acceptors (Lipinski definition) is 3. The number of amides is 1. The molecular weight excluding hydrogens is 357 g/mol. The van der Waals surface area contributed by atoms with Crippen LogP contribution in [-0.4, -0.2) is 29.9 Å². The van der Waals surface area contributed by atoms with Crippen molar-refractivity contribution in [3.05, 3.63) is 72.6 Å². The zero-order valence-electron chi connectivity index (χ0n) is 14.0. The van der Waals surface area contributed by atoms with Gasteiger partial charge in [0.15, 0.2) is 0 Å². The Morgan fingerprint density at radius 3 is 2.40 bits per heavy atom. The van der Waals surface area contributed by atoms with Crippen LogP contribution in [0.3, 0.4) is 0 Å². The highest BCUT2D eigenvalue weighted by Crippen LogP contribution is 2.22. The number of anilines is 1. The van der Waals surface area contributed by atoms with Crippen LogP contribution in [0.25, 0.3) is 10.8 Å². The summed E-state index contributed by atoms with van der Waals surface area (Å²) in [6, 6.07) is 17.2. The van der Waals surface area contributed by atoms with E-state index in [1.807, 2.05) is 79.8 Å². The number of hydrogen-bond donors (Lipinski definition) is 1. The van der Waals surface area contributed by atoms with E-state index in [1.165, 1.54) is 0 Å². The Kier molecular flexibility index (Phi) is 7.84. The second-order valence-corrected chi connectivity index (χ2v) is 5.70. The standard InChI is InChI=1S/C19H19N3O.2ClH/c1-22(2)18(14-6-4-3-5-7-14)19(23)21-17-9-8-16-13-20-11-10-15(16)12-17;;/h3-13,18H,1-2H3,(H,21,23);2*1H/t18-;;/m0../s1. The number of halogens is 2. The average molecular weight is 378 g/mol. The Hall–Kier alpha value is -2.14. The Morgan fingerprint density at radius 2 is 1.72 bits per heavy atom. The van der Waals surface area contributed by atoms with E-state index in [-0.39, 0.29) is 36.8 Å². The van der Waals surface area contributed by atoms with Crippen LogP contribution in [0.5, 0.6) is 0 Å². The molecule has 1 amide bonds. The van der Waals surface area contributed by atoms with Gasteiger partial charge in [-0.2, -0.15) is 0 Å². The summed E-state index contributed by atoms with van der Waals surface area (Å²) in [5.74, 6) is -0.0467. The molecule has 1 N–H and O–H groups in total. The number of nitrogens with one attached hydrogen (secondary N) is 1. The quantitative estimate of drug-likeness (QED) is 0.736. The lowest BCUT2D eigenvalue weighted by Gasteiger charge is -2.24. The normalized spacial score (nSPS) is 11.3. The minimum Gasteiger partial charge on any atom is -0.324 e. The lowest BCUT2D eigenvalue weighted by atomic mass is 10.0. The van der Waals surface area contributed by atoms with Gasteiger partial charge in [0.05, 0.1) is 0 Å². The molecule has 25 heavy (non-hydrogen) atoms. The molecular formula is C19H21Cl2N3O. The fraction of sp³-hybridized carbons (Fsp3) is 0.158. The van der Waals surface area contributed by atoms with Gasteiger partial charge in [-0.3, -0.25) is 14.7 Å². The lowest BCUT2D eigenvalue weighted by molar-refractivity contribution is -0.120. The zero-order valence-corrected chi connectivity index (χ0v) is 15.7. The molecule has 0 unspecified atom stereocenters. The van der Waals surface area contributed by atoms with Crippen molar-refractivity contribution in [2.75, 3.05) is 19.4 Å². The van der Waals surface area contributed by atoms with E-state index in [4.69, 9.17) is 0 Å². The van der Waals surface area contributed by atoms with Crippen molar-refractivity contribution in [3.63, 3.8) is 0 Å². The monoisotopic (exact) mass is 377 g/mol. The van der Waals surface area contributed by atoms with Gasteiger partial charge in [0.1, 0.15) is 6.04 Å². The molecule has 0 radical (unpaired) electrons. The van der Waals surface area contributed by atoms with Gasteiger partial charge in [0.25, 0.3) is 0 Å². The third-order valence-corrected chi connectivity index (χ3v) is 3.79. The molecule has 0 aliphatic heterocycles. The predicted octanol–water partition coefficient (Wildman–Crippen LogP) is 4.32. The topological polar surface area (TPSA) is 45.2 Å². The molecule has 132 valence electrons. The number of aromatic nitrogens is 1. The molecule has 3 aromatic rings. The van der Waals surface area contributed by atoms with E-state index < -0.39 is 0 Å². The average Bonchev–Trinajstić information content (AvgIpc) is 2.55. The number of pyridine rings is 1. The first-order chi connectivity index (χ1) is 11.1. The van der Waals surface area contributed by atoms with Crippen molar-refractivity contribution in [1.29, 1.82) is 0 Å². The third-order valence-electron chi connectivity index (χ3n) is 3.79. The van der Waals surface area contributed by atoms with E-state index in [1.54, 1.807) is 6.20 Å². The van der Waals surface area contributed by atoms with Crippen LogP contribution in [0.2, 0.25) is 0 Å². The van der Waals surface area contributed by atoms with Gasteiger partial charge in [-0.05, 0) is 43.2 Å². The van der Waals surface area contributed by atoms with E-state index in [0.29, 0.717) is 0 Å². The van der Waals surface area contributed by atoms with Crippen molar-refractivity contribution in [1.82, 2.24) is 9.88 Å². The first-order valence-electron chi connectivity index (χ1n) is 7.51. The molecule has 0 fully saturated rings. The lowest BCUT2D eigenvalue weighted by Crippen LogP contribution is -2.32. The molecule has 0 aliphatic rings. The highest BCUT2D eigenvalue weighted by atomic mass is 35.5. The summed E-state index contributed by atoms with van der Waals surface area (Å²) in [6.07, 6.45) is 3.56. The maximum Gasteiger partial charge on any atom is 0.246 e. The van der Waals surface area contributed by atoms with E-state index in [9.17, 15) is 4.79 Å². The fourth-order valence-corrected chi connectivity index (χ4v) is 2.69. The van der Waals surface area contributed by atoms with Crippen LogP contribution in [0, 0.1) is 0 Å². The summed E-state index contributed by atoms with van der Waals surface area (Å²) in [7, 11) is 3.81. The highest BCUT2D eigenvalue weighted by molar-refractivity contribution is 5.97. The van der Waals surface area contributed by atoms with Gasteiger partial charge < -0.3 is 5.32 Å². The molecule has 0 bridgehead atoms. The highest BCUT2D eigenvalue weighted by Gasteiger charge is 2.22. The van der Waals surface area contributed by atoms with Crippen molar-refractivity contribution < 1.29 is 4.79 Å². The summed E-state index contributed by atoms with van der Waals surface area (Å²) in [4.78, 5) is 18.7. The SMILES string of the molecule is CN(C)[C@H](C(=O)Nc1ccc2cnccc2c1)c1ccccc1.Cl.Cl. The van der Waals surface area contributed by atoms with Crippen molar-refractivity contribution >= 4 is 47.2 Å². The minimum absolute atomic E-state index is 0. The first-order valence-corrected chi connectivity index (χ1v) is 7.51. The molecule has 0 saturated carbocycles. The Bertz CT molecular complexity index is 825. The van der Waals surface area contributed by atoms with E-state index in [0.717, 1.165) is 22.0 Å². The fourth-order valence-electron chi connectivity index (χ4n) is 2.69. The van der Waals surface area contributed by atoms with Crippen LogP contribution >= 0.6 is 24.8 Å². The van der Waals surface area contributed by atoms with Gasteiger partial charge in [0.2, 0.25) is 5.91 Å². The molecule has 3 rings (SSSR count). The third kappa shape index (κ3) is 4.92. The summed E-state index contributed by atoms with van der Waals surface area (Å²) in [5, 5.41) is 5.12. The minimum atomic E-state index is -0.329. The molecule has 0 saturated heterocycles. The smallest absolute Gasteiger partial charge is 0.246 e. The van der Waals surface area contributed by atoms with Crippen LogP contribution in [0.15, 0.2) is 67.0 Å². The van der Waals surface area contributed by atoms with Gasteiger partial charge >= 0.3 is 0 Å². The molecule has 4 nitrogen and oxygen atoms in total. The number of carbonyl (C=O) groups excluding carboxylic acids is 1. The van der Waals surface area contributed by atoms with Crippen molar-refractivity contribution in [2.24, 2.45) is 0 Å². The Morgan fingerprint density at radius 1 is 1.00 bits per heavy atom. The zero-order chi connectivity index (χ0) is 16.2. The number of nitrogens with zero attached hydrogens (tertiary/aromatic N) is 2. The van der Waals surface area contributed by atoms with Crippen LogP contribution in [-0.2, 0) is 4.79 Å². The van der Waals surface area contributed by atoms with Crippen molar-refractivity contribution in [3.8, 4) is 0 Å². The molecule has 6 heteroatoms. The molecule has 1 heterocycles. The van der Waals surface area contributed by atoms with Crippen molar-refractivity contribution in [2.45, 2.75) is 6.04 Å². The van der Waals surface area contributed by atoms with Gasteiger partial charge in [0, 0.05) is 23.5 Å². The second-order valence-electron chi connectivity index (χ2n) is 5.70. The largest absolute Gasteiger partial charge is 0.324 e. The van der Waals surface area contributed by atoms with Gasteiger partial charge in [-0.15, -0.1) is 24.8 Å². The Labute approximate surface area is 160 Å². The molecule has 2 aromatic carbocycles.